The number of aryl methyl sites for hydroxylation is 1. The zero-order valence-corrected chi connectivity index (χ0v) is 16.5. The van der Waals surface area contributed by atoms with E-state index in [1.807, 2.05) is 30.3 Å². The van der Waals surface area contributed by atoms with Gasteiger partial charge in [-0.15, -0.1) is 0 Å². The van der Waals surface area contributed by atoms with Crippen molar-refractivity contribution in [2.24, 2.45) is 0 Å². The van der Waals surface area contributed by atoms with Crippen LogP contribution in [0, 0.1) is 0 Å². The lowest BCUT2D eigenvalue weighted by molar-refractivity contribution is -0.147. The monoisotopic (exact) mass is 385 g/mol. The number of aromatic hydroxyl groups is 1. The number of benzene rings is 2. The van der Waals surface area contributed by atoms with Gasteiger partial charge in [-0.25, -0.2) is 9.59 Å². The average molecular weight is 385 g/mol. The summed E-state index contributed by atoms with van der Waals surface area (Å²) in [7, 11) is 0. The summed E-state index contributed by atoms with van der Waals surface area (Å²) in [6, 6.07) is 15.2. The van der Waals surface area contributed by atoms with Crippen LogP contribution < -0.4 is 5.32 Å². The number of rotatable bonds is 7. The third-order valence-corrected chi connectivity index (χ3v) is 3.86. The maximum atomic E-state index is 12.6. The molecule has 6 heteroatoms. The highest BCUT2D eigenvalue weighted by Gasteiger charge is 2.25. The van der Waals surface area contributed by atoms with E-state index in [1.165, 1.54) is 0 Å². The van der Waals surface area contributed by atoms with Gasteiger partial charge in [0.1, 0.15) is 24.0 Å². The summed E-state index contributed by atoms with van der Waals surface area (Å²) in [6.45, 7) is 5.40. The number of esters is 1. The van der Waals surface area contributed by atoms with Gasteiger partial charge in [0.05, 0.1) is 0 Å². The molecule has 28 heavy (non-hydrogen) atoms. The number of carbonyl (C=O) groups excluding carboxylic acids is 2. The Balaban J connectivity index is 2.00. The number of phenolic OH excluding ortho intramolecular Hbond substituents is 1. The third-order valence-electron chi connectivity index (χ3n) is 3.86. The summed E-state index contributed by atoms with van der Waals surface area (Å²) < 4.78 is 10.6. The Hall–Kier alpha value is -3.02. The van der Waals surface area contributed by atoms with Crippen molar-refractivity contribution in [2.45, 2.75) is 51.9 Å². The maximum absolute atomic E-state index is 12.6. The summed E-state index contributed by atoms with van der Waals surface area (Å²) >= 11 is 0. The van der Waals surface area contributed by atoms with E-state index in [0.29, 0.717) is 12.8 Å². The van der Waals surface area contributed by atoms with E-state index in [4.69, 9.17) is 9.47 Å². The average Bonchev–Trinajstić information content (AvgIpc) is 2.64. The van der Waals surface area contributed by atoms with Crippen LogP contribution >= 0.6 is 0 Å². The van der Waals surface area contributed by atoms with Crippen LogP contribution in [0.15, 0.2) is 54.6 Å². The minimum Gasteiger partial charge on any atom is -0.508 e. The van der Waals surface area contributed by atoms with Crippen LogP contribution in [0.5, 0.6) is 5.75 Å². The molecule has 150 valence electrons. The quantitative estimate of drug-likeness (QED) is 0.705. The molecule has 0 spiro atoms. The molecular weight excluding hydrogens is 358 g/mol. The van der Waals surface area contributed by atoms with Crippen LogP contribution in [-0.4, -0.2) is 28.8 Å². The normalized spacial score (nSPS) is 12.1. The van der Waals surface area contributed by atoms with Crippen LogP contribution in [0.4, 0.5) is 4.79 Å². The Morgan fingerprint density at radius 3 is 2.25 bits per heavy atom. The second-order valence-corrected chi connectivity index (χ2v) is 7.50. The van der Waals surface area contributed by atoms with Crippen molar-refractivity contribution in [1.29, 1.82) is 0 Å². The summed E-state index contributed by atoms with van der Waals surface area (Å²) in [5.74, 6) is -0.344. The molecule has 0 aliphatic carbocycles. The molecule has 0 unspecified atom stereocenters. The molecule has 0 aliphatic heterocycles. The van der Waals surface area contributed by atoms with Gasteiger partial charge in [0.2, 0.25) is 0 Å². The van der Waals surface area contributed by atoms with Gasteiger partial charge < -0.3 is 19.9 Å². The van der Waals surface area contributed by atoms with Gasteiger partial charge in [-0.05, 0) is 56.9 Å². The van der Waals surface area contributed by atoms with E-state index in [2.05, 4.69) is 5.32 Å². The summed E-state index contributed by atoms with van der Waals surface area (Å²) in [5, 5.41) is 12.0. The highest BCUT2D eigenvalue weighted by Crippen LogP contribution is 2.14. The zero-order valence-electron chi connectivity index (χ0n) is 16.5. The van der Waals surface area contributed by atoms with Gasteiger partial charge in [-0.1, -0.05) is 42.5 Å². The van der Waals surface area contributed by atoms with Crippen LogP contribution in [0.1, 0.15) is 38.3 Å². The standard InChI is InChI=1S/C22H27NO5/c1-22(2,3)28-21(26)23-19(14-11-16-9-12-18(24)13-10-16)20(25)27-15-17-7-5-4-6-8-17/h4-10,12-13,19,24H,11,14-15H2,1-3H3,(H,23,26)/t19-/m0/s1. The van der Waals surface area contributed by atoms with Gasteiger partial charge in [-0.2, -0.15) is 0 Å². The highest BCUT2D eigenvalue weighted by molar-refractivity contribution is 5.81. The minimum atomic E-state index is -0.840. The second-order valence-electron chi connectivity index (χ2n) is 7.50. The second kappa shape index (κ2) is 9.78. The molecule has 2 rings (SSSR count). The first-order chi connectivity index (χ1) is 13.2. The maximum Gasteiger partial charge on any atom is 0.408 e. The van der Waals surface area contributed by atoms with Gasteiger partial charge in [0, 0.05) is 0 Å². The molecule has 0 aromatic heterocycles. The lowest BCUT2D eigenvalue weighted by atomic mass is 10.1. The SMILES string of the molecule is CC(C)(C)OC(=O)N[C@@H](CCc1ccc(O)cc1)C(=O)OCc1ccccc1. The number of phenols is 1. The molecule has 0 saturated heterocycles. The topological polar surface area (TPSA) is 84.9 Å². The molecule has 2 N–H and O–H groups in total. The number of hydrogen-bond donors (Lipinski definition) is 2. The molecule has 1 atom stereocenters. The Kier molecular flexibility index (Phi) is 7.44. The predicted molar refractivity (Wildman–Crippen MR) is 106 cm³/mol. The smallest absolute Gasteiger partial charge is 0.408 e. The van der Waals surface area contributed by atoms with Gasteiger partial charge in [0.25, 0.3) is 0 Å². The van der Waals surface area contributed by atoms with E-state index in [-0.39, 0.29) is 12.4 Å². The zero-order chi connectivity index (χ0) is 20.6. The molecule has 0 aliphatic rings. The lowest BCUT2D eigenvalue weighted by Gasteiger charge is -2.23. The molecule has 0 bridgehead atoms. The Labute approximate surface area is 165 Å². The van der Waals surface area contributed by atoms with Crippen molar-refractivity contribution in [3.8, 4) is 5.75 Å². The molecule has 1 amide bonds. The fraction of sp³-hybridized carbons (Fsp3) is 0.364. The van der Waals surface area contributed by atoms with Crippen molar-refractivity contribution in [3.63, 3.8) is 0 Å². The number of amides is 1. The molecule has 2 aromatic rings. The molecule has 2 aromatic carbocycles. The first-order valence-electron chi connectivity index (χ1n) is 9.21. The summed E-state index contributed by atoms with van der Waals surface area (Å²) in [6.07, 6.45) is 0.207. The molecule has 0 saturated carbocycles. The van der Waals surface area contributed by atoms with Gasteiger partial charge >= 0.3 is 12.1 Å². The van der Waals surface area contributed by atoms with E-state index in [0.717, 1.165) is 11.1 Å². The highest BCUT2D eigenvalue weighted by atomic mass is 16.6. The molecular formula is C22H27NO5. The lowest BCUT2D eigenvalue weighted by Crippen LogP contribution is -2.44. The van der Waals surface area contributed by atoms with Crippen molar-refractivity contribution in [1.82, 2.24) is 5.32 Å². The molecule has 0 radical (unpaired) electrons. The minimum absolute atomic E-state index is 0.130. The number of alkyl carbamates (subject to hydrolysis) is 1. The number of carbonyl (C=O) groups is 2. The van der Waals surface area contributed by atoms with Gasteiger partial charge in [0.15, 0.2) is 0 Å². The Bertz CT molecular complexity index is 766. The van der Waals surface area contributed by atoms with Crippen LogP contribution in [0.3, 0.4) is 0 Å². The molecule has 0 heterocycles. The van der Waals surface area contributed by atoms with Crippen molar-refractivity contribution in [3.05, 3.63) is 65.7 Å². The van der Waals surface area contributed by atoms with Crippen molar-refractivity contribution in [2.75, 3.05) is 0 Å². The third kappa shape index (κ3) is 7.70. The Morgan fingerprint density at radius 1 is 1.00 bits per heavy atom. The van der Waals surface area contributed by atoms with Crippen LogP contribution in [-0.2, 0) is 27.3 Å². The molecule has 0 fully saturated rings. The van der Waals surface area contributed by atoms with Crippen molar-refractivity contribution >= 4 is 12.1 Å². The number of nitrogens with one attached hydrogen (secondary N) is 1. The fourth-order valence-electron chi connectivity index (χ4n) is 2.50. The number of ether oxygens (including phenoxy) is 2. The van der Waals surface area contributed by atoms with E-state index < -0.39 is 23.7 Å². The summed E-state index contributed by atoms with van der Waals surface area (Å²) in [5.41, 5.74) is 1.13. The van der Waals surface area contributed by atoms with E-state index in [1.54, 1.807) is 45.0 Å². The van der Waals surface area contributed by atoms with Crippen LogP contribution in [0.2, 0.25) is 0 Å². The van der Waals surface area contributed by atoms with E-state index >= 15 is 0 Å². The van der Waals surface area contributed by atoms with Crippen molar-refractivity contribution < 1.29 is 24.2 Å². The van der Waals surface area contributed by atoms with Crippen LogP contribution in [0.25, 0.3) is 0 Å². The summed E-state index contributed by atoms with van der Waals surface area (Å²) in [4.78, 5) is 24.7. The van der Waals surface area contributed by atoms with E-state index in [9.17, 15) is 14.7 Å². The first-order valence-corrected chi connectivity index (χ1v) is 9.21. The Morgan fingerprint density at radius 2 is 1.64 bits per heavy atom. The first kappa shape index (κ1) is 21.3. The number of hydrogen-bond acceptors (Lipinski definition) is 5. The fourth-order valence-corrected chi connectivity index (χ4v) is 2.50. The molecule has 6 nitrogen and oxygen atoms in total. The predicted octanol–water partition coefficient (Wildman–Crippen LogP) is 3.96. The largest absolute Gasteiger partial charge is 0.508 e. The van der Waals surface area contributed by atoms with Gasteiger partial charge in [-0.3, -0.25) is 0 Å².